The van der Waals surface area contributed by atoms with Gasteiger partial charge in [0, 0.05) is 36.6 Å². The Labute approximate surface area is 89.2 Å². The first-order valence-electron chi connectivity index (χ1n) is 3.32. The molecule has 52 valence electrons. The molecule has 1 aromatic carbocycles. The van der Waals surface area contributed by atoms with E-state index in [1.165, 1.54) is 10.4 Å². The van der Waals surface area contributed by atoms with E-state index in [1.54, 1.807) is 0 Å². The van der Waals surface area contributed by atoms with E-state index in [2.05, 4.69) is 43.8 Å². The molecule has 0 amide bonds. The van der Waals surface area contributed by atoms with Crippen LogP contribution >= 0.6 is 0 Å². The molecule has 0 atom stereocenters. The van der Waals surface area contributed by atoms with Crippen LogP contribution in [0.1, 0.15) is 0 Å². The van der Waals surface area contributed by atoms with Crippen molar-refractivity contribution >= 4 is 65.1 Å². The fourth-order valence-electron chi connectivity index (χ4n) is 0.781. The maximum Gasteiger partial charge on any atom is 0.0604 e. The lowest BCUT2D eigenvalue weighted by Crippen LogP contribution is -2.26. The van der Waals surface area contributed by atoms with E-state index in [0.717, 1.165) is 35.2 Å². The number of rotatable bonds is 4. The monoisotopic (exact) mass is 244 g/mol. The summed E-state index contributed by atoms with van der Waals surface area (Å²) < 4.78 is 0. The second kappa shape index (κ2) is 6.05. The lowest BCUT2D eigenvalue weighted by atomic mass is 10.4. The van der Waals surface area contributed by atoms with Crippen molar-refractivity contribution in [3.63, 3.8) is 0 Å². The molecule has 1 rings (SSSR count). The fraction of sp³-hybridized carbons (Fsp3) is 0. The third-order valence-corrected chi connectivity index (χ3v) is 7.52. The SMILES string of the molecule is [Si][Si][Si]c1ccc([Si][Si][Si])cc1. The van der Waals surface area contributed by atoms with Gasteiger partial charge in [-0.25, -0.2) is 0 Å². The molecule has 0 heterocycles. The molecule has 1 aromatic rings. The Morgan fingerprint density at radius 1 is 0.750 bits per heavy atom. The van der Waals surface area contributed by atoms with Gasteiger partial charge in [0.25, 0.3) is 0 Å². The Balaban J connectivity index is 2.58. The van der Waals surface area contributed by atoms with Crippen LogP contribution in [0.4, 0.5) is 0 Å². The molecular weight excluding hydrogens is 241 g/mol. The minimum Gasteiger partial charge on any atom is -0.0681 e. The van der Waals surface area contributed by atoms with Gasteiger partial charge < -0.3 is 0 Å². The average molecular weight is 245 g/mol. The molecule has 0 saturated heterocycles. The topological polar surface area (TPSA) is 0 Å². The summed E-state index contributed by atoms with van der Waals surface area (Å²) in [4.78, 5) is 0. The Bertz CT molecular complexity index is 195. The van der Waals surface area contributed by atoms with E-state index in [9.17, 15) is 0 Å². The third-order valence-electron chi connectivity index (χ3n) is 1.30. The first-order valence-corrected chi connectivity index (χ1v) is 12.3. The zero-order valence-electron chi connectivity index (χ0n) is 6.31. The molecule has 0 unspecified atom stereocenters. The van der Waals surface area contributed by atoms with Gasteiger partial charge in [-0.05, 0) is 0 Å². The Kier molecular flexibility index (Phi) is 5.34. The maximum atomic E-state index is 3.52. The van der Waals surface area contributed by atoms with Crippen LogP contribution in [0.25, 0.3) is 0 Å². The highest BCUT2D eigenvalue weighted by atomic mass is 29.5. The normalized spacial score (nSPS) is 10.2. The van der Waals surface area contributed by atoms with Gasteiger partial charge in [0.1, 0.15) is 0 Å². The van der Waals surface area contributed by atoms with Crippen LogP contribution in [0.15, 0.2) is 24.3 Å². The molecule has 0 aliphatic rings. The second-order valence-electron chi connectivity index (χ2n) is 2.08. The quantitative estimate of drug-likeness (QED) is 0.525. The lowest BCUT2D eigenvalue weighted by Gasteiger charge is -1.99. The predicted molar refractivity (Wildman–Crippen MR) is 60.2 cm³/mol. The molecule has 14 radical (unpaired) electrons. The molecule has 6 heteroatoms. The minimum atomic E-state index is 0.861. The zero-order valence-corrected chi connectivity index (χ0v) is 12.3. The molecule has 0 saturated carbocycles. The highest BCUT2D eigenvalue weighted by molar-refractivity contribution is 7.28. The van der Waals surface area contributed by atoms with E-state index in [-0.39, 0.29) is 0 Å². The summed E-state index contributed by atoms with van der Waals surface area (Å²) in [6, 6.07) is 8.95. The van der Waals surface area contributed by atoms with Crippen LogP contribution in [-0.2, 0) is 0 Å². The van der Waals surface area contributed by atoms with Crippen LogP contribution in [0.2, 0.25) is 0 Å². The highest BCUT2D eigenvalue weighted by Gasteiger charge is 1.94. The van der Waals surface area contributed by atoms with Gasteiger partial charge in [0.05, 0.1) is 18.1 Å². The van der Waals surface area contributed by atoms with Crippen molar-refractivity contribution in [2.24, 2.45) is 0 Å². The number of hydrogen-bond donors (Lipinski definition) is 0. The third kappa shape index (κ3) is 3.49. The van der Waals surface area contributed by atoms with Gasteiger partial charge >= 0.3 is 0 Å². The molecule has 0 N–H and O–H groups in total. The maximum absolute atomic E-state index is 3.52. The van der Waals surface area contributed by atoms with Crippen LogP contribution < -0.4 is 10.4 Å². The zero-order chi connectivity index (χ0) is 8.81. The molecule has 0 aliphatic carbocycles. The van der Waals surface area contributed by atoms with Crippen LogP contribution in [0.3, 0.4) is 0 Å². The highest BCUT2D eigenvalue weighted by Crippen LogP contribution is 1.78. The van der Waals surface area contributed by atoms with Crippen molar-refractivity contribution in [1.29, 1.82) is 0 Å². The number of benzene rings is 1. The van der Waals surface area contributed by atoms with Crippen LogP contribution in [0.5, 0.6) is 0 Å². The summed E-state index contributed by atoms with van der Waals surface area (Å²) in [6.45, 7) is 0. The first-order chi connectivity index (χ1) is 5.86. The minimum absolute atomic E-state index is 0.861. The standard InChI is InChI=1S/C6H4Si6/c7-11-9-5-1-2-6(4-3-5)10-12-8/h1-4H. The summed E-state index contributed by atoms with van der Waals surface area (Å²) in [5.74, 6) is 0. The van der Waals surface area contributed by atoms with Gasteiger partial charge in [0.2, 0.25) is 0 Å². The molecule has 0 bridgehead atoms. The lowest BCUT2D eigenvalue weighted by molar-refractivity contribution is 1.84. The van der Waals surface area contributed by atoms with Gasteiger partial charge in [0.15, 0.2) is 0 Å². The predicted octanol–water partition coefficient (Wildman–Crippen LogP) is -2.25. The van der Waals surface area contributed by atoms with E-state index in [1.807, 2.05) is 0 Å². The fourth-order valence-corrected chi connectivity index (χ4v) is 6.20. The summed E-state index contributed by atoms with van der Waals surface area (Å²) in [5.41, 5.74) is 0. The number of hydrogen-bond acceptors (Lipinski definition) is 0. The molecule has 0 aliphatic heterocycles. The van der Waals surface area contributed by atoms with Crippen LogP contribution in [-0.4, -0.2) is 54.7 Å². The van der Waals surface area contributed by atoms with E-state index >= 15 is 0 Å². The second-order valence-corrected chi connectivity index (χ2v) is 11.7. The van der Waals surface area contributed by atoms with Crippen molar-refractivity contribution in [2.45, 2.75) is 0 Å². The Morgan fingerprint density at radius 2 is 1.08 bits per heavy atom. The van der Waals surface area contributed by atoms with Crippen molar-refractivity contribution in [3.8, 4) is 0 Å². The van der Waals surface area contributed by atoms with Crippen molar-refractivity contribution in [1.82, 2.24) is 0 Å². The largest absolute Gasteiger partial charge is 0.0681 e. The van der Waals surface area contributed by atoms with Gasteiger partial charge in [-0.15, -0.1) is 0 Å². The average Bonchev–Trinajstić information content (AvgIpc) is 2.09. The summed E-state index contributed by atoms with van der Waals surface area (Å²) in [6.07, 6.45) is 0. The van der Waals surface area contributed by atoms with Crippen molar-refractivity contribution in [2.75, 3.05) is 0 Å². The smallest absolute Gasteiger partial charge is 0.0604 e. The molecule has 0 aromatic heterocycles. The molecule has 0 nitrogen and oxygen atoms in total. The van der Waals surface area contributed by atoms with E-state index in [4.69, 9.17) is 0 Å². The Hall–Kier alpha value is 0.521. The Morgan fingerprint density at radius 3 is 1.33 bits per heavy atom. The van der Waals surface area contributed by atoms with Gasteiger partial charge in [-0.2, -0.15) is 0 Å². The summed E-state index contributed by atoms with van der Waals surface area (Å²) in [5, 5.41) is 2.91. The first kappa shape index (κ1) is 10.6. The van der Waals surface area contributed by atoms with Crippen molar-refractivity contribution < 1.29 is 0 Å². The van der Waals surface area contributed by atoms with Crippen molar-refractivity contribution in [3.05, 3.63) is 24.3 Å². The molecular formula is C6H4Si6. The summed E-state index contributed by atoms with van der Waals surface area (Å²) in [7, 11) is 10.6. The molecule has 0 spiro atoms. The molecule has 12 heavy (non-hydrogen) atoms. The van der Waals surface area contributed by atoms with E-state index in [0.29, 0.717) is 0 Å². The summed E-state index contributed by atoms with van der Waals surface area (Å²) >= 11 is 0. The van der Waals surface area contributed by atoms with Gasteiger partial charge in [-0.1, -0.05) is 34.6 Å². The van der Waals surface area contributed by atoms with Crippen LogP contribution in [0, 0.1) is 0 Å². The molecule has 0 fully saturated rings. The van der Waals surface area contributed by atoms with E-state index < -0.39 is 0 Å². The van der Waals surface area contributed by atoms with Gasteiger partial charge in [-0.3, -0.25) is 0 Å².